The molecule has 2 rings (SSSR count). The van der Waals surface area contributed by atoms with Crippen LogP contribution in [0.15, 0.2) is 27.9 Å². The molecule has 16 heavy (non-hydrogen) atoms. The third kappa shape index (κ3) is 2.54. The van der Waals surface area contributed by atoms with E-state index in [1.54, 1.807) is 29.5 Å². The smallest absolute Gasteiger partial charge is 0.150 e. The molecule has 1 aromatic carbocycles. The van der Waals surface area contributed by atoms with Gasteiger partial charge in [-0.3, -0.25) is 0 Å². The van der Waals surface area contributed by atoms with Crippen LogP contribution in [0.5, 0.6) is 0 Å². The van der Waals surface area contributed by atoms with Gasteiger partial charge in [-0.15, -0.1) is 11.3 Å². The second-order valence-corrected chi connectivity index (χ2v) is 5.44. The van der Waals surface area contributed by atoms with Gasteiger partial charge < -0.3 is 5.73 Å². The minimum Gasteiger partial charge on any atom is -0.396 e. The molecule has 2 nitrogen and oxygen atoms in total. The number of nitrogens with zero attached hydrogens (tertiary/aromatic N) is 1. The van der Waals surface area contributed by atoms with Crippen LogP contribution >= 0.6 is 23.1 Å². The molecular weight excluding hydrogens is 243 g/mol. The maximum absolute atomic E-state index is 13.6. The minimum atomic E-state index is -0.316. The number of thiazole rings is 1. The zero-order valence-corrected chi connectivity index (χ0v) is 10.4. The molecule has 2 N–H and O–H groups in total. The van der Waals surface area contributed by atoms with E-state index in [1.807, 2.05) is 12.3 Å². The molecule has 0 amide bonds. The predicted octanol–water partition coefficient (Wildman–Crippen LogP) is 3.47. The Morgan fingerprint density at radius 1 is 1.50 bits per heavy atom. The van der Waals surface area contributed by atoms with Gasteiger partial charge in [-0.2, -0.15) is 0 Å². The summed E-state index contributed by atoms with van der Waals surface area (Å²) in [6.45, 7) is 1.95. The summed E-state index contributed by atoms with van der Waals surface area (Å²) in [5.41, 5.74) is 7.32. The molecule has 0 saturated carbocycles. The molecule has 2 aromatic rings. The average Bonchev–Trinajstić information content (AvgIpc) is 2.67. The Morgan fingerprint density at radius 3 is 3.00 bits per heavy atom. The van der Waals surface area contributed by atoms with Crippen molar-refractivity contribution in [1.82, 2.24) is 4.98 Å². The summed E-state index contributed by atoms with van der Waals surface area (Å²) >= 11 is 3.11. The third-order valence-electron chi connectivity index (χ3n) is 2.06. The molecule has 0 unspecified atom stereocenters. The number of aromatic nitrogens is 1. The lowest BCUT2D eigenvalue weighted by Gasteiger charge is -2.03. The maximum Gasteiger partial charge on any atom is 0.150 e. The summed E-state index contributed by atoms with van der Waals surface area (Å²) in [4.78, 5) is 4.31. The monoisotopic (exact) mass is 254 g/mol. The molecule has 0 radical (unpaired) electrons. The topological polar surface area (TPSA) is 38.9 Å². The zero-order valence-electron chi connectivity index (χ0n) is 8.74. The number of halogens is 1. The van der Waals surface area contributed by atoms with Crippen LogP contribution in [-0.2, 0) is 5.75 Å². The number of hydrogen-bond donors (Lipinski definition) is 1. The van der Waals surface area contributed by atoms with Crippen molar-refractivity contribution >= 4 is 28.8 Å². The Hall–Kier alpha value is -1.07. The summed E-state index contributed by atoms with van der Waals surface area (Å²) in [6, 6.07) is 5.08. The van der Waals surface area contributed by atoms with Gasteiger partial charge >= 0.3 is 0 Å². The fourth-order valence-electron chi connectivity index (χ4n) is 1.25. The number of thioether (sulfide) groups is 1. The van der Waals surface area contributed by atoms with Gasteiger partial charge in [0.25, 0.3) is 0 Å². The Kier molecular flexibility index (Phi) is 3.46. The SMILES string of the molecule is Cc1csc(SCc2cccc(N)c2F)n1. The van der Waals surface area contributed by atoms with Gasteiger partial charge in [-0.1, -0.05) is 23.9 Å². The highest BCUT2D eigenvalue weighted by Crippen LogP contribution is 2.27. The first-order chi connectivity index (χ1) is 7.66. The normalized spacial score (nSPS) is 10.6. The van der Waals surface area contributed by atoms with E-state index in [0.717, 1.165) is 10.0 Å². The van der Waals surface area contributed by atoms with E-state index < -0.39 is 0 Å². The second-order valence-electron chi connectivity index (χ2n) is 3.36. The molecule has 0 spiro atoms. The highest BCUT2D eigenvalue weighted by Gasteiger charge is 2.07. The van der Waals surface area contributed by atoms with Gasteiger partial charge in [-0.05, 0) is 13.0 Å². The van der Waals surface area contributed by atoms with Gasteiger partial charge in [0, 0.05) is 22.4 Å². The summed E-state index contributed by atoms with van der Waals surface area (Å²) in [7, 11) is 0. The summed E-state index contributed by atoms with van der Waals surface area (Å²) in [6.07, 6.45) is 0. The number of nitrogens with two attached hydrogens (primary N) is 1. The van der Waals surface area contributed by atoms with Gasteiger partial charge in [0.1, 0.15) is 10.2 Å². The van der Waals surface area contributed by atoms with Crippen molar-refractivity contribution in [3.8, 4) is 0 Å². The van der Waals surface area contributed by atoms with E-state index in [0.29, 0.717) is 11.3 Å². The summed E-state index contributed by atoms with van der Waals surface area (Å²) in [5, 5.41) is 1.98. The first-order valence-corrected chi connectivity index (χ1v) is 6.61. The predicted molar refractivity (Wildman–Crippen MR) is 67.2 cm³/mol. The number of aryl methyl sites for hydroxylation is 1. The number of hydrogen-bond acceptors (Lipinski definition) is 4. The van der Waals surface area contributed by atoms with Crippen molar-refractivity contribution in [2.45, 2.75) is 17.0 Å². The third-order valence-corrected chi connectivity index (χ3v) is 4.25. The van der Waals surface area contributed by atoms with Gasteiger partial charge in [0.05, 0.1) is 5.69 Å². The molecule has 84 valence electrons. The fraction of sp³-hybridized carbons (Fsp3) is 0.182. The lowest BCUT2D eigenvalue weighted by Crippen LogP contribution is -1.94. The van der Waals surface area contributed by atoms with Crippen LogP contribution in [-0.4, -0.2) is 4.98 Å². The first kappa shape index (κ1) is 11.4. The Balaban J connectivity index is 2.07. The molecular formula is C11H11FN2S2. The summed E-state index contributed by atoms with van der Waals surface area (Å²) < 4.78 is 14.5. The molecule has 0 aliphatic heterocycles. The van der Waals surface area contributed by atoms with Crippen LogP contribution in [0.25, 0.3) is 0 Å². The molecule has 0 saturated heterocycles. The standard InChI is InChI=1S/C11H11FN2S2/c1-7-5-15-11(14-7)16-6-8-3-2-4-9(13)10(8)12/h2-5H,6,13H2,1H3. The molecule has 1 heterocycles. The zero-order chi connectivity index (χ0) is 11.5. The Bertz CT molecular complexity index is 496. The molecule has 5 heteroatoms. The molecule has 1 aromatic heterocycles. The molecule has 0 atom stereocenters. The lowest BCUT2D eigenvalue weighted by molar-refractivity contribution is 0.622. The number of nitrogen functional groups attached to an aromatic ring is 1. The summed E-state index contributed by atoms with van der Waals surface area (Å²) in [5.74, 6) is 0.243. The van der Waals surface area contributed by atoms with Gasteiger partial charge in [0.15, 0.2) is 0 Å². The molecule has 0 bridgehead atoms. The fourth-order valence-corrected chi connectivity index (χ4v) is 3.07. The van der Waals surface area contributed by atoms with Crippen LogP contribution in [0.4, 0.5) is 10.1 Å². The minimum absolute atomic E-state index is 0.202. The van der Waals surface area contributed by atoms with Crippen molar-refractivity contribution in [3.63, 3.8) is 0 Å². The quantitative estimate of drug-likeness (QED) is 0.673. The van der Waals surface area contributed by atoms with Crippen molar-refractivity contribution < 1.29 is 4.39 Å². The van der Waals surface area contributed by atoms with Crippen molar-refractivity contribution in [3.05, 3.63) is 40.7 Å². The van der Waals surface area contributed by atoms with Crippen LogP contribution in [0.1, 0.15) is 11.3 Å². The van der Waals surface area contributed by atoms with Gasteiger partial charge in [-0.25, -0.2) is 9.37 Å². The highest BCUT2D eigenvalue weighted by molar-refractivity contribution is 8.00. The lowest BCUT2D eigenvalue weighted by atomic mass is 10.2. The van der Waals surface area contributed by atoms with Crippen LogP contribution in [0, 0.1) is 12.7 Å². The number of anilines is 1. The number of benzene rings is 1. The Labute approximate surface area is 102 Å². The van der Waals surface area contributed by atoms with E-state index in [9.17, 15) is 4.39 Å². The molecule has 0 aliphatic carbocycles. The van der Waals surface area contributed by atoms with E-state index in [-0.39, 0.29) is 11.5 Å². The van der Waals surface area contributed by atoms with E-state index in [4.69, 9.17) is 5.73 Å². The molecule has 0 aliphatic rings. The molecule has 0 fully saturated rings. The largest absolute Gasteiger partial charge is 0.396 e. The van der Waals surface area contributed by atoms with E-state index in [1.165, 1.54) is 11.8 Å². The van der Waals surface area contributed by atoms with Crippen molar-refractivity contribution in [1.29, 1.82) is 0 Å². The van der Waals surface area contributed by atoms with Crippen molar-refractivity contribution in [2.24, 2.45) is 0 Å². The average molecular weight is 254 g/mol. The van der Waals surface area contributed by atoms with Crippen LogP contribution < -0.4 is 5.73 Å². The Morgan fingerprint density at radius 2 is 2.31 bits per heavy atom. The second kappa shape index (κ2) is 4.84. The van der Waals surface area contributed by atoms with Crippen molar-refractivity contribution in [2.75, 3.05) is 5.73 Å². The first-order valence-electron chi connectivity index (χ1n) is 4.74. The number of rotatable bonds is 3. The van der Waals surface area contributed by atoms with E-state index >= 15 is 0 Å². The van der Waals surface area contributed by atoms with Gasteiger partial charge in [0.2, 0.25) is 0 Å². The van der Waals surface area contributed by atoms with Crippen LogP contribution in [0.2, 0.25) is 0 Å². The van der Waals surface area contributed by atoms with E-state index in [2.05, 4.69) is 4.98 Å². The highest BCUT2D eigenvalue weighted by atomic mass is 32.2. The maximum atomic E-state index is 13.6. The van der Waals surface area contributed by atoms with Crippen LogP contribution in [0.3, 0.4) is 0 Å².